The van der Waals surface area contributed by atoms with Gasteiger partial charge in [-0.05, 0) is 12.8 Å². The first-order valence-corrected chi connectivity index (χ1v) is 3.42. The number of aromatic nitrogens is 2. The standard InChI is InChI=1S/C8H8N2/c1-2-4-8-7(3-1)5-9-6-10-8/h1,3,5-6H,2,4H2. The van der Waals surface area contributed by atoms with Crippen molar-refractivity contribution in [1.29, 1.82) is 0 Å². The van der Waals surface area contributed by atoms with E-state index < -0.39 is 0 Å². The minimum absolute atomic E-state index is 1.06. The summed E-state index contributed by atoms with van der Waals surface area (Å²) in [5, 5.41) is 0. The third-order valence-corrected chi connectivity index (χ3v) is 1.67. The van der Waals surface area contributed by atoms with E-state index in [0.29, 0.717) is 0 Å². The molecule has 2 rings (SSSR count). The van der Waals surface area contributed by atoms with Gasteiger partial charge in [0.1, 0.15) is 6.33 Å². The zero-order valence-electron chi connectivity index (χ0n) is 5.62. The normalized spacial score (nSPS) is 14.8. The zero-order valence-corrected chi connectivity index (χ0v) is 5.62. The predicted octanol–water partition coefficient (Wildman–Crippen LogP) is 1.44. The van der Waals surface area contributed by atoms with E-state index in [1.807, 2.05) is 6.20 Å². The highest BCUT2D eigenvalue weighted by Gasteiger charge is 2.02. The van der Waals surface area contributed by atoms with Crippen molar-refractivity contribution < 1.29 is 0 Å². The second-order valence-corrected chi connectivity index (χ2v) is 2.37. The first kappa shape index (κ1) is 5.59. The molecule has 0 saturated heterocycles. The SMILES string of the molecule is C1=Cc2cncnc2CC1. The van der Waals surface area contributed by atoms with Crippen molar-refractivity contribution >= 4 is 6.08 Å². The minimum atomic E-state index is 1.06. The van der Waals surface area contributed by atoms with E-state index in [2.05, 4.69) is 22.1 Å². The molecular formula is C8H8N2. The van der Waals surface area contributed by atoms with Gasteiger partial charge >= 0.3 is 0 Å². The summed E-state index contributed by atoms with van der Waals surface area (Å²) < 4.78 is 0. The summed E-state index contributed by atoms with van der Waals surface area (Å²) in [6, 6.07) is 0. The lowest BCUT2D eigenvalue weighted by molar-refractivity contribution is 0.908. The van der Waals surface area contributed by atoms with Crippen LogP contribution in [-0.4, -0.2) is 9.97 Å². The van der Waals surface area contributed by atoms with Crippen molar-refractivity contribution in [3.8, 4) is 0 Å². The Morgan fingerprint density at radius 1 is 1.40 bits per heavy atom. The zero-order chi connectivity index (χ0) is 6.81. The second kappa shape index (κ2) is 2.21. The molecule has 1 aliphatic rings. The highest BCUT2D eigenvalue weighted by atomic mass is 14.8. The Morgan fingerprint density at radius 2 is 2.40 bits per heavy atom. The van der Waals surface area contributed by atoms with Crippen molar-refractivity contribution in [3.63, 3.8) is 0 Å². The first-order valence-electron chi connectivity index (χ1n) is 3.42. The van der Waals surface area contributed by atoms with Gasteiger partial charge in [0.05, 0.1) is 5.69 Å². The monoisotopic (exact) mass is 132 g/mol. The molecule has 0 bridgehead atoms. The molecule has 2 nitrogen and oxygen atoms in total. The smallest absolute Gasteiger partial charge is 0.115 e. The Balaban J connectivity index is 2.54. The highest BCUT2D eigenvalue weighted by Crippen LogP contribution is 2.13. The number of allylic oxidation sites excluding steroid dienone is 1. The molecule has 1 aliphatic carbocycles. The van der Waals surface area contributed by atoms with Gasteiger partial charge in [-0.2, -0.15) is 0 Å². The molecule has 0 radical (unpaired) electrons. The van der Waals surface area contributed by atoms with Gasteiger partial charge in [0.25, 0.3) is 0 Å². The maximum absolute atomic E-state index is 4.16. The van der Waals surface area contributed by atoms with E-state index in [9.17, 15) is 0 Å². The summed E-state index contributed by atoms with van der Waals surface area (Å²) in [7, 11) is 0. The van der Waals surface area contributed by atoms with Gasteiger partial charge in [0, 0.05) is 11.8 Å². The Kier molecular flexibility index (Phi) is 1.24. The molecule has 0 aromatic carbocycles. The molecule has 1 heterocycles. The lowest BCUT2D eigenvalue weighted by Crippen LogP contribution is -1.97. The first-order chi connectivity index (χ1) is 4.97. The third kappa shape index (κ3) is 0.817. The molecule has 0 N–H and O–H groups in total. The van der Waals surface area contributed by atoms with Crippen molar-refractivity contribution in [3.05, 3.63) is 29.9 Å². The van der Waals surface area contributed by atoms with E-state index in [1.165, 1.54) is 11.3 Å². The van der Waals surface area contributed by atoms with Crippen molar-refractivity contribution in [2.75, 3.05) is 0 Å². The maximum atomic E-state index is 4.16. The number of rotatable bonds is 0. The minimum Gasteiger partial charge on any atom is -0.244 e. The highest BCUT2D eigenvalue weighted by molar-refractivity contribution is 5.52. The molecule has 0 unspecified atom stereocenters. The Labute approximate surface area is 59.6 Å². The van der Waals surface area contributed by atoms with Crippen molar-refractivity contribution in [2.24, 2.45) is 0 Å². The van der Waals surface area contributed by atoms with E-state index in [4.69, 9.17) is 0 Å². The molecular weight excluding hydrogens is 124 g/mol. The van der Waals surface area contributed by atoms with Crippen LogP contribution in [0.15, 0.2) is 18.6 Å². The van der Waals surface area contributed by atoms with Crippen LogP contribution in [-0.2, 0) is 6.42 Å². The summed E-state index contributed by atoms with van der Waals surface area (Å²) in [4.78, 5) is 8.09. The summed E-state index contributed by atoms with van der Waals surface area (Å²) in [6.45, 7) is 0. The molecule has 1 aromatic rings. The molecule has 0 aliphatic heterocycles. The fraction of sp³-hybridized carbons (Fsp3) is 0.250. The number of fused-ring (bicyclic) bond motifs is 1. The van der Waals surface area contributed by atoms with Crippen LogP contribution < -0.4 is 0 Å². The fourth-order valence-corrected chi connectivity index (χ4v) is 1.14. The molecule has 0 fully saturated rings. The van der Waals surface area contributed by atoms with Crippen LogP contribution in [0.2, 0.25) is 0 Å². The van der Waals surface area contributed by atoms with Gasteiger partial charge in [-0.25, -0.2) is 9.97 Å². The van der Waals surface area contributed by atoms with E-state index in [1.54, 1.807) is 6.33 Å². The van der Waals surface area contributed by atoms with Crippen molar-refractivity contribution in [2.45, 2.75) is 12.8 Å². The number of hydrogen-bond donors (Lipinski definition) is 0. The van der Waals surface area contributed by atoms with Gasteiger partial charge in [0.2, 0.25) is 0 Å². The van der Waals surface area contributed by atoms with Gasteiger partial charge in [-0.3, -0.25) is 0 Å². The third-order valence-electron chi connectivity index (χ3n) is 1.67. The Bertz CT molecular complexity index is 266. The van der Waals surface area contributed by atoms with Crippen LogP contribution in [0.5, 0.6) is 0 Å². The molecule has 0 spiro atoms. The van der Waals surface area contributed by atoms with E-state index >= 15 is 0 Å². The molecule has 2 heteroatoms. The molecule has 0 atom stereocenters. The summed E-state index contributed by atoms with van der Waals surface area (Å²) in [5.41, 5.74) is 2.35. The molecule has 0 amide bonds. The van der Waals surface area contributed by atoms with Crippen LogP contribution in [0, 0.1) is 0 Å². The van der Waals surface area contributed by atoms with Crippen LogP contribution in [0.1, 0.15) is 17.7 Å². The quantitative estimate of drug-likeness (QED) is 0.533. The Morgan fingerprint density at radius 3 is 3.30 bits per heavy atom. The van der Waals surface area contributed by atoms with Gasteiger partial charge in [-0.1, -0.05) is 12.2 Å². The number of hydrogen-bond acceptors (Lipinski definition) is 2. The lowest BCUT2D eigenvalue weighted by Gasteiger charge is -2.05. The van der Waals surface area contributed by atoms with Gasteiger partial charge in [-0.15, -0.1) is 0 Å². The summed E-state index contributed by atoms with van der Waals surface area (Å²) in [6.07, 6.45) is 9.89. The number of aryl methyl sites for hydroxylation is 1. The summed E-state index contributed by atoms with van der Waals surface area (Å²) in [5.74, 6) is 0. The topological polar surface area (TPSA) is 25.8 Å². The molecule has 10 heavy (non-hydrogen) atoms. The average Bonchev–Trinajstić information content (AvgIpc) is 2.05. The molecule has 0 saturated carbocycles. The van der Waals surface area contributed by atoms with Gasteiger partial charge in [0.15, 0.2) is 0 Å². The van der Waals surface area contributed by atoms with E-state index in [0.717, 1.165) is 12.8 Å². The fourth-order valence-electron chi connectivity index (χ4n) is 1.14. The lowest BCUT2D eigenvalue weighted by atomic mass is 10.1. The average molecular weight is 132 g/mol. The van der Waals surface area contributed by atoms with Crippen LogP contribution in [0.25, 0.3) is 6.08 Å². The maximum Gasteiger partial charge on any atom is 0.115 e. The Hall–Kier alpha value is -1.18. The van der Waals surface area contributed by atoms with Crippen molar-refractivity contribution in [1.82, 2.24) is 9.97 Å². The van der Waals surface area contributed by atoms with E-state index in [-0.39, 0.29) is 0 Å². The largest absolute Gasteiger partial charge is 0.244 e. The predicted molar refractivity (Wildman–Crippen MR) is 39.4 cm³/mol. The molecule has 1 aromatic heterocycles. The molecule has 50 valence electrons. The van der Waals surface area contributed by atoms with Gasteiger partial charge < -0.3 is 0 Å². The number of nitrogens with zero attached hydrogens (tertiary/aromatic N) is 2. The van der Waals surface area contributed by atoms with Crippen LogP contribution in [0.3, 0.4) is 0 Å². The van der Waals surface area contributed by atoms with Crippen LogP contribution >= 0.6 is 0 Å². The second-order valence-electron chi connectivity index (χ2n) is 2.37. The van der Waals surface area contributed by atoms with Crippen LogP contribution in [0.4, 0.5) is 0 Å². The summed E-state index contributed by atoms with van der Waals surface area (Å²) >= 11 is 0.